The molecule has 0 bridgehead atoms. The summed E-state index contributed by atoms with van der Waals surface area (Å²) < 4.78 is 63.6. The summed E-state index contributed by atoms with van der Waals surface area (Å²) in [6, 6.07) is 22.9. The summed E-state index contributed by atoms with van der Waals surface area (Å²) in [6.45, 7) is 0. The van der Waals surface area contributed by atoms with E-state index in [4.69, 9.17) is 9.47 Å². The zero-order valence-electron chi connectivity index (χ0n) is 14.3. The molecular formula is C21H14F4O2S. The molecule has 7 heteroatoms. The van der Waals surface area contributed by atoms with Gasteiger partial charge in [-0.2, -0.15) is 17.6 Å². The molecule has 144 valence electrons. The van der Waals surface area contributed by atoms with E-state index in [0.717, 1.165) is 0 Å². The fourth-order valence-corrected chi connectivity index (χ4v) is 3.01. The molecule has 0 spiro atoms. The lowest BCUT2D eigenvalue weighted by atomic mass is 10.3. The van der Waals surface area contributed by atoms with Gasteiger partial charge in [-0.25, -0.2) is 0 Å². The minimum absolute atomic E-state index is 0.0197. The van der Waals surface area contributed by atoms with Crippen LogP contribution in [0.5, 0.6) is 17.2 Å². The van der Waals surface area contributed by atoms with Gasteiger partial charge < -0.3 is 9.47 Å². The number of rotatable bonds is 6. The predicted molar refractivity (Wildman–Crippen MR) is 100 cm³/mol. The number of para-hydroxylation sites is 1. The fraction of sp³-hybridized carbons (Fsp3) is 0.0476. The summed E-state index contributed by atoms with van der Waals surface area (Å²) in [5.74, 6) is -1.38. The molecule has 0 N–H and O–H groups in total. The lowest BCUT2D eigenvalue weighted by Gasteiger charge is -2.14. The Kier molecular flexibility index (Phi) is 6.26. The molecule has 3 aromatic rings. The third-order valence-corrected chi connectivity index (χ3v) is 4.33. The van der Waals surface area contributed by atoms with Gasteiger partial charge in [0, 0.05) is 11.0 Å². The maximum absolute atomic E-state index is 14.0. The molecule has 0 unspecified atom stereocenters. The smallest absolute Gasteiger partial charge is 0.447 e. The standard InChI is InChI=1S/C21H14F4O2S/c22-19(21(23,24)25)20(28-18-12-5-2-6-13-18)27-17-11-7-10-16(14-17)26-15-8-3-1-4-9-15/h1-14H. The largest absolute Gasteiger partial charge is 0.457 e. The molecule has 0 saturated carbocycles. The maximum Gasteiger partial charge on any atom is 0.447 e. The Morgan fingerprint density at radius 3 is 1.93 bits per heavy atom. The highest BCUT2D eigenvalue weighted by atomic mass is 32.2. The fourth-order valence-electron chi connectivity index (χ4n) is 2.15. The van der Waals surface area contributed by atoms with Crippen molar-refractivity contribution in [3.63, 3.8) is 0 Å². The summed E-state index contributed by atoms with van der Waals surface area (Å²) in [5, 5.41) is -0.893. The van der Waals surface area contributed by atoms with Crippen LogP contribution in [0.4, 0.5) is 17.6 Å². The first-order chi connectivity index (χ1) is 13.4. The van der Waals surface area contributed by atoms with Crippen molar-refractivity contribution in [2.75, 3.05) is 0 Å². The van der Waals surface area contributed by atoms with Gasteiger partial charge in [0.2, 0.25) is 5.09 Å². The monoisotopic (exact) mass is 406 g/mol. The molecule has 0 atom stereocenters. The number of benzene rings is 3. The second-order valence-electron chi connectivity index (χ2n) is 5.51. The summed E-state index contributed by atoms with van der Waals surface area (Å²) >= 11 is 0.550. The summed E-state index contributed by atoms with van der Waals surface area (Å²) in [5.41, 5.74) is 0. The topological polar surface area (TPSA) is 18.5 Å². The van der Waals surface area contributed by atoms with Gasteiger partial charge in [-0.15, -0.1) is 0 Å². The average Bonchev–Trinajstić information content (AvgIpc) is 2.68. The Morgan fingerprint density at radius 2 is 1.29 bits per heavy atom. The van der Waals surface area contributed by atoms with Crippen molar-refractivity contribution in [1.82, 2.24) is 0 Å². The van der Waals surface area contributed by atoms with E-state index in [2.05, 4.69) is 0 Å². The molecule has 0 heterocycles. The molecule has 3 rings (SSSR count). The van der Waals surface area contributed by atoms with Gasteiger partial charge in [-0.1, -0.05) is 42.5 Å². The first kappa shape index (κ1) is 19.8. The van der Waals surface area contributed by atoms with Crippen molar-refractivity contribution < 1.29 is 27.0 Å². The van der Waals surface area contributed by atoms with E-state index >= 15 is 0 Å². The first-order valence-electron chi connectivity index (χ1n) is 8.12. The Morgan fingerprint density at radius 1 is 0.714 bits per heavy atom. The molecule has 0 aliphatic carbocycles. The van der Waals surface area contributed by atoms with Gasteiger partial charge in [0.25, 0.3) is 5.83 Å². The molecule has 0 aromatic heterocycles. The molecule has 28 heavy (non-hydrogen) atoms. The number of thioether (sulfide) groups is 1. The molecule has 0 fully saturated rings. The van der Waals surface area contributed by atoms with Crippen LogP contribution in [0, 0.1) is 0 Å². The van der Waals surface area contributed by atoms with Crippen LogP contribution in [-0.4, -0.2) is 6.18 Å². The van der Waals surface area contributed by atoms with Gasteiger partial charge in [0.05, 0.1) is 0 Å². The second-order valence-corrected chi connectivity index (χ2v) is 6.55. The Hall–Kier alpha value is -2.93. The second kappa shape index (κ2) is 8.84. The molecule has 2 nitrogen and oxygen atoms in total. The number of allylic oxidation sites excluding steroid dienone is 1. The zero-order valence-corrected chi connectivity index (χ0v) is 15.1. The zero-order chi connectivity index (χ0) is 20.0. The lowest BCUT2D eigenvalue weighted by molar-refractivity contribution is -0.110. The van der Waals surface area contributed by atoms with Crippen molar-refractivity contribution in [3.8, 4) is 17.2 Å². The highest BCUT2D eigenvalue weighted by Gasteiger charge is 2.39. The normalized spacial score (nSPS) is 12.3. The highest BCUT2D eigenvalue weighted by Crippen LogP contribution is 2.39. The van der Waals surface area contributed by atoms with Crippen molar-refractivity contribution in [2.24, 2.45) is 0 Å². The maximum atomic E-state index is 14.0. The number of hydrogen-bond acceptors (Lipinski definition) is 3. The van der Waals surface area contributed by atoms with Crippen LogP contribution in [0.1, 0.15) is 0 Å². The van der Waals surface area contributed by atoms with Crippen molar-refractivity contribution >= 4 is 11.8 Å². The molecule has 0 radical (unpaired) electrons. The average molecular weight is 406 g/mol. The van der Waals surface area contributed by atoms with Gasteiger partial charge in [0.1, 0.15) is 17.2 Å². The van der Waals surface area contributed by atoms with Gasteiger partial charge in [0.15, 0.2) is 0 Å². The SMILES string of the molecule is FC(=C(Oc1cccc(Oc2ccccc2)c1)Sc1ccccc1)C(F)(F)F. The van der Waals surface area contributed by atoms with E-state index in [1.165, 1.54) is 12.1 Å². The van der Waals surface area contributed by atoms with Crippen LogP contribution >= 0.6 is 11.8 Å². The van der Waals surface area contributed by atoms with Crippen LogP contribution < -0.4 is 9.47 Å². The van der Waals surface area contributed by atoms with Gasteiger partial charge >= 0.3 is 6.18 Å². The van der Waals surface area contributed by atoms with E-state index in [0.29, 0.717) is 28.2 Å². The third-order valence-electron chi connectivity index (χ3n) is 3.38. The first-order valence-corrected chi connectivity index (χ1v) is 8.94. The third kappa shape index (κ3) is 5.53. The van der Waals surface area contributed by atoms with Crippen molar-refractivity contribution in [3.05, 3.63) is 95.8 Å². The lowest BCUT2D eigenvalue weighted by Crippen LogP contribution is -2.12. The van der Waals surface area contributed by atoms with Crippen molar-refractivity contribution in [2.45, 2.75) is 11.1 Å². The summed E-state index contributed by atoms with van der Waals surface area (Å²) in [7, 11) is 0. The van der Waals surface area contributed by atoms with Crippen LogP contribution in [-0.2, 0) is 0 Å². The van der Waals surface area contributed by atoms with Gasteiger partial charge in [-0.05, 0) is 48.2 Å². The molecule has 0 aliphatic rings. The quantitative estimate of drug-likeness (QED) is 0.242. The van der Waals surface area contributed by atoms with Crippen LogP contribution in [0.15, 0.2) is 101 Å². The van der Waals surface area contributed by atoms with Crippen LogP contribution in [0.3, 0.4) is 0 Å². The Labute approximate surface area is 163 Å². The molecular weight excluding hydrogens is 392 g/mol. The van der Waals surface area contributed by atoms with E-state index in [1.807, 2.05) is 6.07 Å². The predicted octanol–water partition coefficient (Wildman–Crippen LogP) is 7.35. The van der Waals surface area contributed by atoms with Crippen LogP contribution in [0.2, 0.25) is 0 Å². The minimum Gasteiger partial charge on any atom is -0.457 e. The Balaban J connectivity index is 1.85. The number of hydrogen-bond donors (Lipinski definition) is 0. The van der Waals surface area contributed by atoms with E-state index in [1.54, 1.807) is 66.7 Å². The minimum atomic E-state index is -5.16. The van der Waals surface area contributed by atoms with Gasteiger partial charge in [-0.3, -0.25) is 0 Å². The summed E-state index contributed by atoms with van der Waals surface area (Å²) in [6.07, 6.45) is -5.16. The van der Waals surface area contributed by atoms with E-state index in [-0.39, 0.29) is 5.75 Å². The summed E-state index contributed by atoms with van der Waals surface area (Å²) in [4.78, 5) is 0.411. The molecule has 0 saturated heterocycles. The van der Waals surface area contributed by atoms with Crippen LogP contribution in [0.25, 0.3) is 0 Å². The number of halogens is 4. The highest BCUT2D eigenvalue weighted by molar-refractivity contribution is 8.03. The number of ether oxygens (including phenoxy) is 2. The Bertz CT molecular complexity index is 941. The van der Waals surface area contributed by atoms with E-state index in [9.17, 15) is 17.6 Å². The molecule has 3 aromatic carbocycles. The molecule has 0 amide bonds. The van der Waals surface area contributed by atoms with Crippen molar-refractivity contribution in [1.29, 1.82) is 0 Å². The van der Waals surface area contributed by atoms with E-state index < -0.39 is 17.1 Å². The molecule has 0 aliphatic heterocycles. The number of alkyl halides is 3.